The van der Waals surface area contributed by atoms with Gasteiger partial charge in [0.15, 0.2) is 5.52 Å². The number of hydrogen-bond acceptors (Lipinski definition) is 2. The van der Waals surface area contributed by atoms with Gasteiger partial charge in [-0.15, -0.1) is 0 Å². The van der Waals surface area contributed by atoms with Crippen LogP contribution in [-0.2, 0) is 12.4 Å². The molecule has 0 N–H and O–H groups in total. The van der Waals surface area contributed by atoms with Gasteiger partial charge in [0, 0.05) is 5.56 Å². The van der Waals surface area contributed by atoms with Gasteiger partial charge in [0.05, 0.1) is 17.7 Å². The van der Waals surface area contributed by atoms with Crippen LogP contribution >= 0.6 is 8.58 Å². The predicted molar refractivity (Wildman–Crippen MR) is 87.4 cm³/mol. The van der Waals surface area contributed by atoms with Crippen molar-refractivity contribution in [2.24, 2.45) is 0 Å². The molecule has 0 aliphatic carbocycles. The van der Waals surface area contributed by atoms with Gasteiger partial charge in [-0.3, -0.25) is 4.79 Å². The van der Waals surface area contributed by atoms with Crippen LogP contribution in [0.3, 0.4) is 0 Å². The summed E-state index contributed by atoms with van der Waals surface area (Å²) in [4.78, 5) is 12.3. The summed E-state index contributed by atoms with van der Waals surface area (Å²) in [6, 6.07) is 7.47. The molecule has 0 saturated carbocycles. The summed E-state index contributed by atoms with van der Waals surface area (Å²) >= 11 is 0. The second-order valence-electron chi connectivity index (χ2n) is 5.14. The molecule has 2 nitrogen and oxygen atoms in total. The zero-order valence-corrected chi connectivity index (χ0v) is 15.3. The summed E-state index contributed by atoms with van der Waals surface area (Å²) in [6.45, 7) is 2.15. The molecule has 10 heteroatoms. The van der Waals surface area contributed by atoms with E-state index in [9.17, 15) is 31.1 Å². The molecule has 2 aromatic carbocycles. The summed E-state index contributed by atoms with van der Waals surface area (Å²) in [5.41, 5.74) is -5.75. The Balaban J connectivity index is 0.00000364. The Labute approximate surface area is 166 Å². The first-order valence-corrected chi connectivity index (χ1v) is 8.35. The molecule has 0 radical (unpaired) electrons. The predicted octanol–water partition coefficient (Wildman–Crippen LogP) is 2.38. The van der Waals surface area contributed by atoms with Crippen LogP contribution in [0.25, 0.3) is 0 Å². The third-order valence-electron chi connectivity index (χ3n) is 3.33. The Morgan fingerprint density at radius 3 is 1.85 bits per heavy atom. The molecule has 1 atom stereocenters. The third-order valence-corrected chi connectivity index (χ3v) is 4.42. The van der Waals surface area contributed by atoms with E-state index in [2.05, 4.69) is 0 Å². The van der Waals surface area contributed by atoms with Crippen LogP contribution in [0.2, 0.25) is 0 Å². The first-order valence-electron chi connectivity index (χ1n) is 7.35. The van der Waals surface area contributed by atoms with Crippen LogP contribution < -0.4 is 28.9 Å². The van der Waals surface area contributed by atoms with Gasteiger partial charge in [-0.25, -0.2) is 0 Å². The maximum Gasteiger partial charge on any atom is 1.00 e. The molecule has 0 saturated heterocycles. The zero-order chi connectivity index (χ0) is 19.5. The van der Waals surface area contributed by atoms with E-state index in [1.165, 1.54) is 24.3 Å². The molecule has 0 aliphatic heterocycles. The summed E-state index contributed by atoms with van der Waals surface area (Å²) in [5.74, 6) is 0.486. The quantitative estimate of drug-likeness (QED) is 0.436. The van der Waals surface area contributed by atoms with Gasteiger partial charge in [0.25, 0.3) is 0 Å². The molecular weight excluding hydrogens is 388 g/mol. The topological polar surface area (TPSA) is 26.3 Å². The van der Waals surface area contributed by atoms with Gasteiger partial charge >= 0.3 is 31.2 Å². The average Bonchev–Trinajstić information content (AvgIpc) is 2.54. The molecule has 0 spiro atoms. The van der Waals surface area contributed by atoms with Gasteiger partial charge in [0.1, 0.15) is 5.75 Å². The largest absolute Gasteiger partial charge is 1.00 e. The minimum absolute atomic E-state index is 0. The number of carbonyl (C=O) groups is 1. The first kappa shape index (κ1) is 23.6. The first-order chi connectivity index (χ1) is 12.0. The Morgan fingerprint density at radius 1 is 0.963 bits per heavy atom. The minimum atomic E-state index is -5.07. The molecule has 142 valence electrons. The normalized spacial score (nSPS) is 12.1. The fourth-order valence-corrected chi connectivity index (χ4v) is 3.25. The van der Waals surface area contributed by atoms with Crippen molar-refractivity contribution in [2.45, 2.75) is 19.3 Å². The molecule has 27 heavy (non-hydrogen) atoms. The van der Waals surface area contributed by atoms with Crippen LogP contribution in [0.1, 0.15) is 29.8 Å². The third kappa shape index (κ3) is 6.00. The number of rotatable bonds is 5. The Bertz CT molecular complexity index is 761. The monoisotopic (exact) mass is 402 g/mol. The standard InChI is InChI=1S/C17H13F6O2P.Li.H/c1-2-25-10-6-8-11(9-7-10)26-15(24)14-12(16(18,19)20)4-3-5-13(14)17(21,22)23;;/h3-9,26H,2H2,1H3;;/q;+1;-1. The molecule has 1 unspecified atom stereocenters. The van der Waals surface area contributed by atoms with Gasteiger partial charge < -0.3 is 6.16 Å². The number of hydrogen-bond donors (Lipinski definition) is 0. The molecule has 0 aliphatic rings. The van der Waals surface area contributed by atoms with E-state index in [-0.39, 0.29) is 20.3 Å². The maximum atomic E-state index is 13.1. The molecule has 0 fully saturated rings. The second kappa shape index (κ2) is 9.14. The maximum absolute atomic E-state index is 13.1. The van der Waals surface area contributed by atoms with E-state index >= 15 is 0 Å². The molecule has 2 aromatic rings. The molecule has 0 heterocycles. The van der Waals surface area contributed by atoms with Crippen molar-refractivity contribution in [3.8, 4) is 5.75 Å². The van der Waals surface area contributed by atoms with Crippen LogP contribution in [-0.4, -0.2) is 12.1 Å². The fraction of sp³-hybridized carbons (Fsp3) is 0.235. The average molecular weight is 402 g/mol. The molecule has 0 amide bonds. The molecule has 0 aromatic heterocycles. The van der Waals surface area contributed by atoms with Gasteiger partial charge in [-0.05, 0) is 45.1 Å². The van der Waals surface area contributed by atoms with E-state index in [1.54, 1.807) is 6.92 Å². The number of benzene rings is 2. The second-order valence-corrected chi connectivity index (χ2v) is 6.42. The Kier molecular flexibility index (Phi) is 7.97. The number of halogens is 6. The van der Waals surface area contributed by atoms with E-state index in [4.69, 9.17) is 4.74 Å². The van der Waals surface area contributed by atoms with Crippen LogP contribution in [0.4, 0.5) is 26.3 Å². The van der Waals surface area contributed by atoms with Gasteiger partial charge in [-0.2, -0.15) is 26.3 Å². The van der Waals surface area contributed by atoms with Crippen LogP contribution in [0.5, 0.6) is 5.75 Å². The van der Waals surface area contributed by atoms with Crippen molar-refractivity contribution < 1.29 is 56.2 Å². The number of ether oxygens (including phenoxy) is 1. The van der Waals surface area contributed by atoms with Crippen molar-refractivity contribution in [1.29, 1.82) is 0 Å². The molecule has 2 rings (SSSR count). The van der Waals surface area contributed by atoms with E-state index in [1.807, 2.05) is 0 Å². The summed E-state index contributed by atoms with van der Waals surface area (Å²) in [7, 11) is -0.889. The SMILES string of the molecule is CCOc1ccc(PC(=O)c2c(C(F)(F)F)cccc2C(F)(F)F)cc1.[H-].[Li+]. The summed E-state index contributed by atoms with van der Waals surface area (Å²) < 4.78 is 83.9. The van der Waals surface area contributed by atoms with E-state index in [0.29, 0.717) is 35.9 Å². The van der Waals surface area contributed by atoms with E-state index in [0.717, 1.165) is 0 Å². The molecular formula is C17H14F6LiO2P. The Hall–Kier alpha value is -1.48. The van der Waals surface area contributed by atoms with Crippen LogP contribution in [0, 0.1) is 0 Å². The van der Waals surface area contributed by atoms with Gasteiger partial charge in [0.2, 0.25) is 0 Å². The van der Waals surface area contributed by atoms with Crippen molar-refractivity contribution >= 4 is 19.4 Å². The number of carbonyl (C=O) groups excluding carboxylic acids is 1. The zero-order valence-electron chi connectivity index (χ0n) is 15.3. The van der Waals surface area contributed by atoms with Crippen molar-refractivity contribution in [3.63, 3.8) is 0 Å². The minimum Gasteiger partial charge on any atom is -1.00 e. The summed E-state index contributed by atoms with van der Waals surface area (Å²) in [6.07, 6.45) is -10.1. The van der Waals surface area contributed by atoms with Crippen molar-refractivity contribution in [1.82, 2.24) is 0 Å². The van der Waals surface area contributed by atoms with E-state index < -0.39 is 43.1 Å². The summed E-state index contributed by atoms with van der Waals surface area (Å²) in [5, 5.41) is 0.309. The fourth-order valence-electron chi connectivity index (χ4n) is 2.26. The van der Waals surface area contributed by atoms with Crippen molar-refractivity contribution in [2.75, 3.05) is 6.61 Å². The molecule has 0 bridgehead atoms. The van der Waals surface area contributed by atoms with Crippen molar-refractivity contribution in [3.05, 3.63) is 59.2 Å². The van der Waals surface area contributed by atoms with Gasteiger partial charge in [-0.1, -0.05) is 18.2 Å². The smallest absolute Gasteiger partial charge is 1.00 e. The Morgan fingerprint density at radius 2 is 1.44 bits per heavy atom. The number of alkyl halides is 6. The van der Waals surface area contributed by atoms with Crippen LogP contribution in [0.15, 0.2) is 42.5 Å².